The lowest BCUT2D eigenvalue weighted by molar-refractivity contribution is -0.127. The number of aromatic nitrogens is 1. The van der Waals surface area contributed by atoms with Crippen molar-refractivity contribution >= 4 is 34.9 Å². The molecule has 2 heterocycles. The predicted octanol–water partition coefficient (Wildman–Crippen LogP) is 3.47. The number of ether oxygens (including phenoxy) is 1. The van der Waals surface area contributed by atoms with Crippen molar-refractivity contribution in [3.63, 3.8) is 0 Å². The molecule has 4 rings (SSSR count). The van der Waals surface area contributed by atoms with Crippen LogP contribution in [0.25, 0.3) is 17.0 Å². The summed E-state index contributed by atoms with van der Waals surface area (Å²) in [6.07, 6.45) is 7.55. The normalized spacial score (nSPS) is 13.4. The molecule has 1 fully saturated rings. The molecule has 2 aromatic carbocycles. The Hall–Kier alpha value is -4.15. The van der Waals surface area contributed by atoms with Gasteiger partial charge in [-0.1, -0.05) is 42.5 Å². The van der Waals surface area contributed by atoms with Crippen LogP contribution in [0.1, 0.15) is 36.0 Å². The van der Waals surface area contributed by atoms with E-state index in [4.69, 9.17) is 9.94 Å². The Morgan fingerprint density at radius 2 is 1.95 bits per heavy atom. The number of aromatic amines is 1. The van der Waals surface area contributed by atoms with Gasteiger partial charge in [0.2, 0.25) is 5.91 Å². The highest BCUT2D eigenvalue weighted by molar-refractivity contribution is 5.90. The number of carbonyl (C=O) groups is 3. The van der Waals surface area contributed by atoms with Crippen molar-refractivity contribution in [2.24, 2.45) is 0 Å². The number of carbonyl (C=O) groups excluding carboxylic acids is 3. The number of likely N-dealkylation sites (tertiary alicyclic amines) is 1. The second kappa shape index (κ2) is 14.9. The number of hydrogen-bond acceptors (Lipinski definition) is 6. The number of nitrogens with one attached hydrogen (secondary N) is 3. The van der Waals surface area contributed by atoms with E-state index in [1.165, 1.54) is 17.0 Å². The summed E-state index contributed by atoms with van der Waals surface area (Å²) in [5, 5.41) is 12.6. The highest BCUT2D eigenvalue weighted by atomic mass is 16.5. The zero-order valence-corrected chi connectivity index (χ0v) is 22.6. The Morgan fingerprint density at radius 1 is 1.12 bits per heavy atom. The molecule has 10 heteroatoms. The van der Waals surface area contributed by atoms with Gasteiger partial charge in [-0.2, -0.15) is 0 Å². The van der Waals surface area contributed by atoms with E-state index in [-0.39, 0.29) is 12.5 Å². The van der Waals surface area contributed by atoms with Gasteiger partial charge in [0.25, 0.3) is 5.91 Å². The van der Waals surface area contributed by atoms with Gasteiger partial charge in [0.05, 0.1) is 0 Å². The third kappa shape index (κ3) is 8.69. The Kier molecular flexibility index (Phi) is 10.7. The Morgan fingerprint density at radius 3 is 2.73 bits per heavy atom. The molecular formula is C30H37N5O5. The van der Waals surface area contributed by atoms with Crippen LogP contribution in [0.5, 0.6) is 0 Å². The molecule has 0 aliphatic carbocycles. The molecule has 0 atom stereocenters. The summed E-state index contributed by atoms with van der Waals surface area (Å²) in [5.41, 5.74) is 5.84. The van der Waals surface area contributed by atoms with Crippen LogP contribution in [0.15, 0.2) is 60.8 Å². The van der Waals surface area contributed by atoms with Gasteiger partial charge in [-0.3, -0.25) is 19.7 Å². The zero-order valence-electron chi connectivity index (χ0n) is 22.6. The number of fused-ring (bicyclic) bond motifs is 1. The van der Waals surface area contributed by atoms with Crippen molar-refractivity contribution in [1.29, 1.82) is 0 Å². The van der Waals surface area contributed by atoms with Crippen LogP contribution in [-0.4, -0.2) is 77.2 Å². The van der Waals surface area contributed by atoms with Crippen LogP contribution in [0.3, 0.4) is 0 Å². The molecule has 10 nitrogen and oxygen atoms in total. The average Bonchev–Trinajstić information content (AvgIpc) is 3.58. The monoisotopic (exact) mass is 547 g/mol. The van der Waals surface area contributed by atoms with Gasteiger partial charge < -0.3 is 19.9 Å². The molecular weight excluding hydrogens is 510 g/mol. The minimum Gasteiger partial charge on any atom is -0.448 e. The number of hydrogen-bond donors (Lipinski definition) is 4. The number of hydroxylamine groups is 1. The second-order valence-corrected chi connectivity index (χ2v) is 9.84. The van der Waals surface area contributed by atoms with Crippen LogP contribution in [0.2, 0.25) is 0 Å². The molecule has 1 aliphatic rings. The molecule has 40 heavy (non-hydrogen) atoms. The molecule has 0 unspecified atom stereocenters. The predicted molar refractivity (Wildman–Crippen MR) is 152 cm³/mol. The Labute approximate surface area is 233 Å². The van der Waals surface area contributed by atoms with E-state index in [1.54, 1.807) is 11.6 Å². The minimum atomic E-state index is -0.585. The van der Waals surface area contributed by atoms with E-state index in [9.17, 15) is 14.4 Å². The van der Waals surface area contributed by atoms with Crippen molar-refractivity contribution in [3.05, 3.63) is 77.5 Å². The van der Waals surface area contributed by atoms with Gasteiger partial charge in [-0.25, -0.2) is 10.3 Å². The van der Waals surface area contributed by atoms with Gasteiger partial charge in [0.15, 0.2) is 0 Å². The molecule has 0 bridgehead atoms. The molecule has 1 saturated heterocycles. The summed E-state index contributed by atoms with van der Waals surface area (Å²) >= 11 is 0. The first kappa shape index (κ1) is 28.8. The lowest BCUT2D eigenvalue weighted by atomic mass is 10.1. The van der Waals surface area contributed by atoms with Gasteiger partial charge in [0, 0.05) is 68.9 Å². The van der Waals surface area contributed by atoms with Crippen LogP contribution in [0, 0.1) is 0 Å². The summed E-state index contributed by atoms with van der Waals surface area (Å²) in [4.78, 5) is 42.6. The van der Waals surface area contributed by atoms with E-state index in [0.29, 0.717) is 39.0 Å². The van der Waals surface area contributed by atoms with E-state index in [2.05, 4.69) is 27.3 Å². The Bertz CT molecular complexity index is 1300. The SMILES string of the molecule is O=C(/C=C/c1ccc(CN(CCOC(=O)NCCCN2CCCC2=O)CCc2c[nH]c3ccccc23)cc1)NO. The number of nitrogens with zero attached hydrogens (tertiary/aromatic N) is 2. The van der Waals surface area contributed by atoms with Crippen molar-refractivity contribution in [2.45, 2.75) is 32.2 Å². The maximum atomic E-state index is 12.2. The summed E-state index contributed by atoms with van der Waals surface area (Å²) in [7, 11) is 0. The van der Waals surface area contributed by atoms with E-state index in [1.807, 2.05) is 47.5 Å². The zero-order chi connectivity index (χ0) is 28.2. The quantitative estimate of drug-likeness (QED) is 0.106. The van der Waals surface area contributed by atoms with Crippen molar-refractivity contribution in [2.75, 3.05) is 39.3 Å². The molecule has 4 N–H and O–H groups in total. The van der Waals surface area contributed by atoms with Crippen molar-refractivity contribution < 1.29 is 24.3 Å². The molecule has 3 amide bonds. The van der Waals surface area contributed by atoms with Crippen LogP contribution >= 0.6 is 0 Å². The molecule has 3 aromatic rings. The largest absolute Gasteiger partial charge is 0.448 e. The lowest BCUT2D eigenvalue weighted by Gasteiger charge is -2.22. The molecule has 212 valence electrons. The standard InChI is InChI=1S/C30H37N5O5/c36-28(33-39)13-12-23-8-10-24(11-9-23)22-34(18-14-25-21-32-27-6-2-1-5-26(25)27)19-20-40-30(38)31-15-4-17-35-16-3-7-29(35)37/h1-2,5-6,8-13,21,32,39H,3-4,7,14-20,22H2,(H,31,38)(H,33,36)/b13-12+. The molecule has 1 aliphatic heterocycles. The average molecular weight is 548 g/mol. The van der Waals surface area contributed by atoms with Crippen LogP contribution in [0.4, 0.5) is 4.79 Å². The van der Waals surface area contributed by atoms with Gasteiger partial charge in [0.1, 0.15) is 6.61 Å². The highest BCUT2D eigenvalue weighted by Crippen LogP contribution is 2.19. The third-order valence-corrected chi connectivity index (χ3v) is 6.98. The fourth-order valence-corrected chi connectivity index (χ4v) is 4.81. The fraction of sp³-hybridized carbons (Fsp3) is 0.367. The third-order valence-electron chi connectivity index (χ3n) is 6.98. The van der Waals surface area contributed by atoms with Crippen LogP contribution < -0.4 is 10.8 Å². The van der Waals surface area contributed by atoms with E-state index in [0.717, 1.165) is 42.6 Å². The minimum absolute atomic E-state index is 0.190. The van der Waals surface area contributed by atoms with Crippen molar-refractivity contribution in [3.8, 4) is 0 Å². The van der Waals surface area contributed by atoms with E-state index < -0.39 is 12.0 Å². The smallest absolute Gasteiger partial charge is 0.407 e. The highest BCUT2D eigenvalue weighted by Gasteiger charge is 2.19. The molecule has 0 radical (unpaired) electrons. The number of benzene rings is 2. The number of para-hydroxylation sites is 1. The number of H-pyrrole nitrogens is 1. The fourth-order valence-electron chi connectivity index (χ4n) is 4.81. The molecule has 0 saturated carbocycles. The first-order valence-electron chi connectivity index (χ1n) is 13.7. The summed E-state index contributed by atoms with van der Waals surface area (Å²) in [5.74, 6) is -0.395. The van der Waals surface area contributed by atoms with Gasteiger partial charge in [-0.15, -0.1) is 0 Å². The Balaban J connectivity index is 1.28. The first-order valence-corrected chi connectivity index (χ1v) is 13.7. The number of rotatable bonds is 14. The summed E-state index contributed by atoms with van der Waals surface area (Å²) in [6.45, 7) is 4.18. The molecule has 0 spiro atoms. The second-order valence-electron chi connectivity index (χ2n) is 9.84. The summed E-state index contributed by atoms with van der Waals surface area (Å²) < 4.78 is 5.45. The maximum Gasteiger partial charge on any atom is 0.407 e. The molecule has 1 aromatic heterocycles. The van der Waals surface area contributed by atoms with Gasteiger partial charge in [-0.05, 0) is 48.1 Å². The van der Waals surface area contributed by atoms with E-state index >= 15 is 0 Å². The number of amides is 3. The van der Waals surface area contributed by atoms with Crippen molar-refractivity contribution in [1.82, 2.24) is 25.6 Å². The first-order chi connectivity index (χ1) is 19.5. The number of alkyl carbamates (subject to hydrolysis) is 1. The van der Waals surface area contributed by atoms with Gasteiger partial charge >= 0.3 is 6.09 Å². The topological polar surface area (TPSA) is 127 Å². The lowest BCUT2D eigenvalue weighted by Crippen LogP contribution is -2.33. The van der Waals surface area contributed by atoms with Crippen LogP contribution in [-0.2, 0) is 27.3 Å². The summed E-state index contributed by atoms with van der Waals surface area (Å²) in [6, 6.07) is 16.0. The maximum absolute atomic E-state index is 12.2.